The highest BCUT2D eigenvalue weighted by Crippen LogP contribution is 2.35. The molecule has 10 heteroatoms. The molecule has 24 heavy (non-hydrogen) atoms. The fourth-order valence-corrected chi connectivity index (χ4v) is 1.85. The molecule has 2 N–H and O–H groups in total. The molecule has 0 heterocycles. The number of rotatable bonds is 5. The molecule has 0 saturated carbocycles. The van der Waals surface area contributed by atoms with E-state index in [1.807, 2.05) is 0 Å². The summed E-state index contributed by atoms with van der Waals surface area (Å²) in [7, 11) is 1.24. The SMILES string of the molecule is COc1cc([N+](=O)[O-])cc(C=Nc2ccc([N+](=O)[O-])cc2O)c1O. The molecule has 0 aliphatic rings. The van der Waals surface area contributed by atoms with Gasteiger partial charge in [-0.05, 0) is 6.07 Å². The molecular formula is C14H11N3O7. The maximum absolute atomic E-state index is 10.9. The molecule has 2 aromatic carbocycles. The Morgan fingerprint density at radius 1 is 1.08 bits per heavy atom. The average molecular weight is 333 g/mol. The molecule has 0 atom stereocenters. The van der Waals surface area contributed by atoms with Gasteiger partial charge in [-0.15, -0.1) is 0 Å². The summed E-state index contributed by atoms with van der Waals surface area (Å²) >= 11 is 0. The highest BCUT2D eigenvalue weighted by atomic mass is 16.6. The van der Waals surface area contributed by atoms with E-state index < -0.39 is 15.6 Å². The van der Waals surface area contributed by atoms with Crippen LogP contribution in [0.25, 0.3) is 0 Å². The molecule has 0 amide bonds. The fraction of sp³-hybridized carbons (Fsp3) is 0.0714. The quantitative estimate of drug-likeness (QED) is 0.485. The van der Waals surface area contributed by atoms with Crippen molar-refractivity contribution in [1.82, 2.24) is 0 Å². The van der Waals surface area contributed by atoms with Gasteiger partial charge in [0.2, 0.25) is 0 Å². The van der Waals surface area contributed by atoms with Crippen LogP contribution >= 0.6 is 0 Å². The van der Waals surface area contributed by atoms with Crippen molar-refractivity contribution >= 4 is 23.3 Å². The van der Waals surface area contributed by atoms with Gasteiger partial charge in [-0.1, -0.05) is 0 Å². The number of aromatic hydroxyl groups is 2. The van der Waals surface area contributed by atoms with Crippen molar-refractivity contribution in [3.8, 4) is 17.2 Å². The molecule has 2 rings (SSSR count). The maximum Gasteiger partial charge on any atom is 0.274 e. The third-order valence-corrected chi connectivity index (χ3v) is 3.03. The topological polar surface area (TPSA) is 148 Å². The second-order valence-corrected chi connectivity index (χ2v) is 4.53. The number of nitro benzene ring substituents is 2. The van der Waals surface area contributed by atoms with Crippen LogP contribution in [0.2, 0.25) is 0 Å². The van der Waals surface area contributed by atoms with Crippen LogP contribution in [0, 0.1) is 20.2 Å². The highest BCUT2D eigenvalue weighted by Gasteiger charge is 2.16. The van der Waals surface area contributed by atoms with Gasteiger partial charge >= 0.3 is 0 Å². The van der Waals surface area contributed by atoms with Crippen molar-refractivity contribution in [2.24, 2.45) is 4.99 Å². The van der Waals surface area contributed by atoms with Gasteiger partial charge in [0.25, 0.3) is 11.4 Å². The first kappa shape index (κ1) is 16.7. The number of methoxy groups -OCH3 is 1. The molecule has 0 bridgehead atoms. The fourth-order valence-electron chi connectivity index (χ4n) is 1.85. The number of nitro groups is 2. The van der Waals surface area contributed by atoms with E-state index in [0.29, 0.717) is 0 Å². The zero-order valence-corrected chi connectivity index (χ0v) is 12.2. The van der Waals surface area contributed by atoms with Gasteiger partial charge in [0.15, 0.2) is 11.5 Å². The molecule has 10 nitrogen and oxygen atoms in total. The summed E-state index contributed by atoms with van der Waals surface area (Å²) in [6.45, 7) is 0. The van der Waals surface area contributed by atoms with E-state index in [-0.39, 0.29) is 34.1 Å². The third-order valence-electron chi connectivity index (χ3n) is 3.03. The first-order valence-electron chi connectivity index (χ1n) is 6.40. The zero-order valence-electron chi connectivity index (χ0n) is 12.2. The smallest absolute Gasteiger partial charge is 0.274 e. The molecule has 0 spiro atoms. The summed E-state index contributed by atoms with van der Waals surface area (Å²) in [5.74, 6) is -0.927. The van der Waals surface area contributed by atoms with Crippen LogP contribution < -0.4 is 4.74 Å². The Hall–Kier alpha value is -3.69. The Bertz CT molecular complexity index is 849. The number of aliphatic imine (C=N–C) groups is 1. The second-order valence-electron chi connectivity index (χ2n) is 4.53. The van der Waals surface area contributed by atoms with Crippen LogP contribution in [-0.2, 0) is 0 Å². The predicted octanol–water partition coefficient (Wildman–Crippen LogP) is 2.67. The minimum atomic E-state index is -0.676. The summed E-state index contributed by atoms with van der Waals surface area (Å²) in [5, 5.41) is 41.2. The monoisotopic (exact) mass is 333 g/mol. The third kappa shape index (κ3) is 3.38. The average Bonchev–Trinajstić information content (AvgIpc) is 2.54. The lowest BCUT2D eigenvalue weighted by Gasteiger charge is -2.06. The van der Waals surface area contributed by atoms with Gasteiger partial charge in [-0.25, -0.2) is 0 Å². The molecule has 0 aliphatic heterocycles. The molecule has 2 aromatic rings. The van der Waals surface area contributed by atoms with E-state index in [9.17, 15) is 30.4 Å². The number of nitrogens with zero attached hydrogens (tertiary/aromatic N) is 3. The largest absolute Gasteiger partial charge is 0.505 e. The number of benzene rings is 2. The van der Waals surface area contributed by atoms with E-state index in [0.717, 1.165) is 30.5 Å². The van der Waals surface area contributed by atoms with E-state index in [1.165, 1.54) is 13.2 Å². The van der Waals surface area contributed by atoms with Crippen molar-refractivity contribution in [1.29, 1.82) is 0 Å². The molecular weight excluding hydrogens is 322 g/mol. The molecule has 0 radical (unpaired) electrons. The Morgan fingerprint density at radius 3 is 2.29 bits per heavy atom. The Balaban J connectivity index is 2.43. The van der Waals surface area contributed by atoms with Gasteiger partial charge in [-0.3, -0.25) is 25.2 Å². The van der Waals surface area contributed by atoms with Crippen molar-refractivity contribution in [3.05, 3.63) is 56.1 Å². The summed E-state index contributed by atoms with van der Waals surface area (Å²) < 4.78 is 4.85. The standard InChI is InChI=1S/C14H11N3O7/c1-24-13-6-10(17(22)23)4-8(14(13)19)7-15-11-3-2-9(16(20)21)5-12(11)18/h2-7,18-19H,1H3. The minimum absolute atomic E-state index is 0.00882. The van der Waals surface area contributed by atoms with Crippen LogP contribution in [0.4, 0.5) is 17.1 Å². The summed E-state index contributed by atoms with van der Waals surface area (Å²) in [6, 6.07) is 5.39. The van der Waals surface area contributed by atoms with Crippen LogP contribution in [-0.4, -0.2) is 33.4 Å². The Labute approximate surface area is 134 Å². The molecule has 124 valence electrons. The first-order chi connectivity index (χ1) is 11.3. The zero-order chi connectivity index (χ0) is 17.9. The van der Waals surface area contributed by atoms with Crippen LogP contribution in [0.1, 0.15) is 5.56 Å². The number of hydrogen-bond acceptors (Lipinski definition) is 8. The normalized spacial score (nSPS) is 10.7. The van der Waals surface area contributed by atoms with E-state index in [1.54, 1.807) is 0 Å². The summed E-state index contributed by atoms with van der Waals surface area (Å²) in [6.07, 6.45) is 1.08. The van der Waals surface area contributed by atoms with E-state index >= 15 is 0 Å². The number of phenols is 2. The first-order valence-corrected chi connectivity index (χ1v) is 6.40. The van der Waals surface area contributed by atoms with Crippen LogP contribution in [0.3, 0.4) is 0 Å². The van der Waals surface area contributed by atoms with Gasteiger partial charge in [0.05, 0.1) is 29.1 Å². The van der Waals surface area contributed by atoms with Crippen LogP contribution in [0.15, 0.2) is 35.3 Å². The minimum Gasteiger partial charge on any atom is -0.505 e. The van der Waals surface area contributed by atoms with Crippen molar-refractivity contribution in [3.63, 3.8) is 0 Å². The maximum atomic E-state index is 10.9. The Morgan fingerprint density at radius 2 is 1.75 bits per heavy atom. The van der Waals surface area contributed by atoms with E-state index in [2.05, 4.69) is 4.99 Å². The molecule has 0 fully saturated rings. The second kappa shape index (κ2) is 6.60. The number of phenolic OH excluding ortho intramolecular Hbond substituents is 2. The van der Waals surface area contributed by atoms with Gasteiger partial charge < -0.3 is 14.9 Å². The lowest BCUT2D eigenvalue weighted by atomic mass is 10.1. The highest BCUT2D eigenvalue weighted by molar-refractivity contribution is 5.88. The molecule has 0 aliphatic carbocycles. The Kier molecular flexibility index (Phi) is 4.59. The van der Waals surface area contributed by atoms with E-state index in [4.69, 9.17) is 4.74 Å². The molecule has 0 unspecified atom stereocenters. The summed E-state index contributed by atoms with van der Waals surface area (Å²) in [4.78, 5) is 24.0. The van der Waals surface area contributed by atoms with Gasteiger partial charge in [0.1, 0.15) is 11.4 Å². The predicted molar refractivity (Wildman–Crippen MR) is 83.3 cm³/mol. The van der Waals surface area contributed by atoms with Gasteiger partial charge in [0, 0.05) is 23.9 Å². The van der Waals surface area contributed by atoms with Gasteiger partial charge in [-0.2, -0.15) is 0 Å². The number of non-ortho nitro benzene ring substituents is 2. The van der Waals surface area contributed by atoms with Crippen molar-refractivity contribution in [2.75, 3.05) is 7.11 Å². The number of ether oxygens (including phenoxy) is 1. The molecule has 0 saturated heterocycles. The lowest BCUT2D eigenvalue weighted by Crippen LogP contribution is -1.94. The number of hydrogen-bond donors (Lipinski definition) is 2. The summed E-state index contributed by atoms with van der Waals surface area (Å²) in [5.41, 5.74) is -0.658. The lowest BCUT2D eigenvalue weighted by molar-refractivity contribution is -0.385. The van der Waals surface area contributed by atoms with Crippen molar-refractivity contribution in [2.45, 2.75) is 0 Å². The van der Waals surface area contributed by atoms with Crippen LogP contribution in [0.5, 0.6) is 17.2 Å². The molecule has 0 aromatic heterocycles. The van der Waals surface area contributed by atoms with Crippen molar-refractivity contribution < 1.29 is 24.8 Å².